The van der Waals surface area contributed by atoms with Crippen LogP contribution in [0, 0.1) is 10.1 Å². The van der Waals surface area contributed by atoms with Gasteiger partial charge in [-0.3, -0.25) is 15.1 Å². The van der Waals surface area contributed by atoms with E-state index >= 15 is 0 Å². The number of nitro benzene ring substituents is 1. The predicted octanol–water partition coefficient (Wildman–Crippen LogP) is 7.14. The van der Waals surface area contributed by atoms with Crippen LogP contribution in [0.1, 0.15) is 22.7 Å². The highest BCUT2D eigenvalue weighted by Gasteiger charge is 2.41. The van der Waals surface area contributed by atoms with E-state index in [1.807, 2.05) is 30.3 Å². The Morgan fingerprint density at radius 2 is 1.74 bits per heavy atom. The SMILES string of the molecule is O=[N+]([O-])c1ccc(Sc2ccc(N3C(=S)N[C@@H](c4ccccn4)[C@@H]3c3ccc(Br)s3)cc2)cc1. The number of rotatable bonds is 6. The molecule has 0 aliphatic carbocycles. The molecule has 0 radical (unpaired) electrons. The first-order chi connectivity index (χ1) is 16.5. The zero-order valence-electron chi connectivity index (χ0n) is 17.5. The number of thiocarbonyl (C=S) groups is 1. The molecule has 2 aromatic heterocycles. The number of nitrogens with zero attached hydrogens (tertiary/aromatic N) is 3. The van der Waals surface area contributed by atoms with Gasteiger partial charge in [-0.05, 0) is 88.8 Å². The normalized spacial score (nSPS) is 17.6. The second-order valence-corrected chi connectivity index (χ2v) is 11.5. The fourth-order valence-corrected chi connectivity index (χ4v) is 6.57. The number of benzene rings is 2. The number of aromatic nitrogens is 1. The van der Waals surface area contributed by atoms with Gasteiger partial charge >= 0.3 is 0 Å². The molecule has 3 heterocycles. The fraction of sp³-hybridized carbons (Fsp3) is 0.0833. The Balaban J connectivity index is 1.43. The van der Waals surface area contributed by atoms with Crippen LogP contribution in [-0.2, 0) is 0 Å². The van der Waals surface area contributed by atoms with Crippen LogP contribution in [0.2, 0.25) is 0 Å². The monoisotopic (exact) mass is 568 g/mol. The molecule has 1 aliphatic rings. The Morgan fingerprint density at radius 3 is 2.32 bits per heavy atom. The largest absolute Gasteiger partial charge is 0.351 e. The summed E-state index contributed by atoms with van der Waals surface area (Å²) in [4.78, 5) is 20.4. The van der Waals surface area contributed by atoms with Gasteiger partial charge < -0.3 is 10.2 Å². The summed E-state index contributed by atoms with van der Waals surface area (Å²) in [7, 11) is 0. The van der Waals surface area contributed by atoms with E-state index in [0.29, 0.717) is 5.11 Å². The number of nitro groups is 1. The summed E-state index contributed by atoms with van der Waals surface area (Å²) in [5.41, 5.74) is 2.01. The van der Waals surface area contributed by atoms with Gasteiger partial charge in [-0.25, -0.2) is 0 Å². The lowest BCUT2D eigenvalue weighted by molar-refractivity contribution is -0.384. The molecular formula is C24H17BrN4O2S3. The number of non-ortho nitro benzene ring substituents is 1. The number of pyridine rings is 1. The summed E-state index contributed by atoms with van der Waals surface area (Å²) < 4.78 is 1.06. The van der Waals surface area contributed by atoms with Crippen molar-refractivity contribution in [3.8, 4) is 0 Å². The molecule has 4 aromatic rings. The smallest absolute Gasteiger partial charge is 0.269 e. The van der Waals surface area contributed by atoms with Crippen molar-refractivity contribution >= 4 is 67.7 Å². The molecule has 6 nitrogen and oxygen atoms in total. The Hall–Kier alpha value is -2.79. The zero-order valence-corrected chi connectivity index (χ0v) is 21.5. The first-order valence-corrected chi connectivity index (χ1v) is 13.1. The van der Waals surface area contributed by atoms with E-state index in [4.69, 9.17) is 12.2 Å². The molecule has 0 spiro atoms. The first-order valence-electron chi connectivity index (χ1n) is 10.3. The average molecular weight is 570 g/mol. The number of thiophene rings is 1. The summed E-state index contributed by atoms with van der Waals surface area (Å²) in [6.45, 7) is 0. The molecule has 2 aromatic carbocycles. The summed E-state index contributed by atoms with van der Waals surface area (Å²) in [5.74, 6) is 0. The van der Waals surface area contributed by atoms with E-state index in [1.165, 1.54) is 17.0 Å². The van der Waals surface area contributed by atoms with Crippen LogP contribution >= 0.6 is 51.2 Å². The number of hydrogen-bond acceptors (Lipinski definition) is 6. The maximum Gasteiger partial charge on any atom is 0.269 e. The Kier molecular flexibility index (Phi) is 6.64. The van der Waals surface area contributed by atoms with Gasteiger partial charge in [0.1, 0.15) is 0 Å². The fourth-order valence-electron chi connectivity index (χ4n) is 3.86. The Labute approximate surface area is 218 Å². The summed E-state index contributed by atoms with van der Waals surface area (Å²) in [6, 6.07) is 24.7. The van der Waals surface area contributed by atoms with Gasteiger partial charge in [-0.2, -0.15) is 0 Å². The summed E-state index contributed by atoms with van der Waals surface area (Å²) in [6.07, 6.45) is 1.80. The summed E-state index contributed by atoms with van der Waals surface area (Å²) in [5, 5.41) is 15.0. The highest BCUT2D eigenvalue weighted by Crippen LogP contribution is 2.44. The standard InChI is InChI=1S/C24H17BrN4O2S3/c25-21-13-12-20(34-21)23-22(19-3-1-2-14-26-19)27-24(32)28(23)15-4-8-17(9-5-15)33-18-10-6-16(7-11-18)29(30)31/h1-14,22-23H,(H,27,32)/t22-,23-/m0/s1. The van der Waals surface area contributed by atoms with Crippen LogP contribution in [0.4, 0.5) is 11.4 Å². The van der Waals surface area contributed by atoms with Crippen LogP contribution in [0.25, 0.3) is 0 Å². The lowest BCUT2D eigenvalue weighted by Gasteiger charge is -2.27. The van der Waals surface area contributed by atoms with E-state index in [1.54, 1.807) is 41.4 Å². The third kappa shape index (κ3) is 4.72. The third-order valence-electron chi connectivity index (χ3n) is 5.38. The second-order valence-electron chi connectivity index (χ2n) is 7.49. The van der Waals surface area contributed by atoms with Crippen molar-refractivity contribution < 1.29 is 4.92 Å². The number of anilines is 1. The van der Waals surface area contributed by atoms with E-state index in [2.05, 4.69) is 55.4 Å². The van der Waals surface area contributed by atoms with Crippen molar-refractivity contribution in [2.75, 3.05) is 4.90 Å². The quantitative estimate of drug-likeness (QED) is 0.150. The minimum atomic E-state index is -0.392. The highest BCUT2D eigenvalue weighted by molar-refractivity contribution is 9.11. The molecule has 1 fully saturated rings. The highest BCUT2D eigenvalue weighted by atomic mass is 79.9. The van der Waals surface area contributed by atoms with Gasteiger partial charge in [-0.15, -0.1) is 11.3 Å². The van der Waals surface area contributed by atoms with Crippen molar-refractivity contribution in [1.29, 1.82) is 0 Å². The van der Waals surface area contributed by atoms with Crippen LogP contribution in [-0.4, -0.2) is 15.0 Å². The Bertz CT molecular complexity index is 1330. The van der Waals surface area contributed by atoms with Crippen molar-refractivity contribution in [2.45, 2.75) is 21.9 Å². The molecule has 2 atom stereocenters. The van der Waals surface area contributed by atoms with E-state index in [0.717, 1.165) is 25.0 Å². The molecule has 34 heavy (non-hydrogen) atoms. The van der Waals surface area contributed by atoms with E-state index < -0.39 is 4.92 Å². The van der Waals surface area contributed by atoms with Gasteiger partial charge in [0.25, 0.3) is 5.69 Å². The van der Waals surface area contributed by atoms with Crippen LogP contribution in [0.5, 0.6) is 0 Å². The van der Waals surface area contributed by atoms with Gasteiger partial charge in [0.15, 0.2) is 5.11 Å². The molecule has 0 bridgehead atoms. The molecule has 0 unspecified atom stereocenters. The lowest BCUT2D eigenvalue weighted by atomic mass is 10.0. The maximum atomic E-state index is 10.9. The van der Waals surface area contributed by atoms with Gasteiger partial charge in [0.05, 0.1) is 26.5 Å². The summed E-state index contributed by atoms with van der Waals surface area (Å²) >= 11 is 12.6. The molecule has 0 amide bonds. The van der Waals surface area contributed by atoms with Crippen molar-refractivity contribution in [1.82, 2.24) is 10.3 Å². The van der Waals surface area contributed by atoms with Gasteiger partial charge in [0, 0.05) is 38.7 Å². The minimum Gasteiger partial charge on any atom is -0.351 e. The van der Waals surface area contributed by atoms with Gasteiger partial charge in [-0.1, -0.05) is 17.8 Å². The lowest BCUT2D eigenvalue weighted by Crippen LogP contribution is -2.29. The second kappa shape index (κ2) is 9.83. The maximum absolute atomic E-state index is 10.9. The number of hydrogen-bond donors (Lipinski definition) is 1. The topological polar surface area (TPSA) is 71.3 Å². The van der Waals surface area contributed by atoms with Crippen LogP contribution in [0.3, 0.4) is 0 Å². The number of nitrogens with one attached hydrogen (secondary N) is 1. The predicted molar refractivity (Wildman–Crippen MR) is 144 cm³/mol. The van der Waals surface area contributed by atoms with Crippen molar-refractivity contribution in [3.05, 3.63) is 110 Å². The third-order valence-corrected chi connectivity index (χ3v) is 8.41. The van der Waals surface area contributed by atoms with E-state index in [9.17, 15) is 10.1 Å². The molecule has 1 saturated heterocycles. The molecule has 170 valence electrons. The average Bonchev–Trinajstić information content (AvgIpc) is 3.43. The number of halogens is 1. The molecular weight excluding hydrogens is 552 g/mol. The van der Waals surface area contributed by atoms with Crippen LogP contribution in [0.15, 0.2) is 98.6 Å². The van der Waals surface area contributed by atoms with Gasteiger partial charge in [0.2, 0.25) is 0 Å². The van der Waals surface area contributed by atoms with Crippen molar-refractivity contribution in [2.24, 2.45) is 0 Å². The molecule has 10 heteroatoms. The zero-order chi connectivity index (χ0) is 23.7. The van der Waals surface area contributed by atoms with E-state index in [-0.39, 0.29) is 17.8 Å². The van der Waals surface area contributed by atoms with Crippen molar-refractivity contribution in [3.63, 3.8) is 0 Å². The Morgan fingerprint density at radius 1 is 1.03 bits per heavy atom. The first kappa shape index (κ1) is 23.0. The molecule has 1 aliphatic heterocycles. The molecule has 0 saturated carbocycles. The molecule has 1 N–H and O–H groups in total. The minimum absolute atomic E-state index is 0.0353. The van der Waals surface area contributed by atoms with Crippen LogP contribution < -0.4 is 10.2 Å². The molecule has 5 rings (SSSR count).